The van der Waals surface area contributed by atoms with Crippen molar-refractivity contribution in [2.24, 2.45) is 0 Å². The van der Waals surface area contributed by atoms with Gasteiger partial charge in [0.1, 0.15) is 11.3 Å². The lowest BCUT2D eigenvalue weighted by molar-refractivity contribution is 1.11. The standard InChI is InChI=1S/C11H8ClN5/c12-7-3-5-13-9(6-7)15-11-10-8(16-17-11)2-1-4-14-10/h1-6H,(H2,13,15,16,17). The molecule has 0 fully saturated rings. The summed E-state index contributed by atoms with van der Waals surface area (Å²) in [6.45, 7) is 0. The molecular weight excluding hydrogens is 238 g/mol. The van der Waals surface area contributed by atoms with Gasteiger partial charge >= 0.3 is 0 Å². The minimum Gasteiger partial charge on any atom is -0.322 e. The van der Waals surface area contributed by atoms with Crippen LogP contribution in [0.4, 0.5) is 11.6 Å². The first kappa shape index (κ1) is 10.0. The van der Waals surface area contributed by atoms with Crippen LogP contribution in [0.3, 0.4) is 0 Å². The molecule has 0 saturated heterocycles. The Labute approximate surface area is 102 Å². The number of H-pyrrole nitrogens is 1. The fraction of sp³-hybridized carbons (Fsp3) is 0. The monoisotopic (exact) mass is 245 g/mol. The molecule has 3 aromatic heterocycles. The maximum Gasteiger partial charge on any atom is 0.179 e. The zero-order chi connectivity index (χ0) is 11.7. The lowest BCUT2D eigenvalue weighted by atomic mass is 10.4. The highest BCUT2D eigenvalue weighted by atomic mass is 35.5. The third kappa shape index (κ3) is 1.92. The van der Waals surface area contributed by atoms with Gasteiger partial charge in [0.15, 0.2) is 5.82 Å². The van der Waals surface area contributed by atoms with Crippen molar-refractivity contribution >= 4 is 34.3 Å². The summed E-state index contributed by atoms with van der Waals surface area (Å²) < 4.78 is 0. The summed E-state index contributed by atoms with van der Waals surface area (Å²) in [6, 6.07) is 7.20. The van der Waals surface area contributed by atoms with E-state index in [1.54, 1.807) is 24.5 Å². The topological polar surface area (TPSA) is 66.5 Å². The largest absolute Gasteiger partial charge is 0.322 e. The second-order valence-corrected chi connectivity index (χ2v) is 3.89. The summed E-state index contributed by atoms with van der Waals surface area (Å²) in [6.07, 6.45) is 3.35. The van der Waals surface area contributed by atoms with Gasteiger partial charge in [0.05, 0.1) is 5.52 Å². The molecule has 3 rings (SSSR count). The minimum atomic E-state index is 0.621. The number of hydrogen-bond donors (Lipinski definition) is 2. The molecule has 3 heterocycles. The molecular formula is C11H8ClN5. The molecule has 6 heteroatoms. The molecule has 0 aromatic carbocycles. The molecule has 5 nitrogen and oxygen atoms in total. The van der Waals surface area contributed by atoms with Crippen LogP contribution < -0.4 is 5.32 Å². The van der Waals surface area contributed by atoms with Crippen molar-refractivity contribution in [2.45, 2.75) is 0 Å². The fourth-order valence-corrected chi connectivity index (χ4v) is 1.69. The summed E-state index contributed by atoms with van der Waals surface area (Å²) in [5, 5.41) is 10.7. The van der Waals surface area contributed by atoms with Gasteiger partial charge in [-0.25, -0.2) is 4.98 Å². The highest BCUT2D eigenvalue weighted by molar-refractivity contribution is 6.30. The summed E-state index contributed by atoms with van der Waals surface area (Å²) in [4.78, 5) is 8.39. The fourth-order valence-electron chi connectivity index (χ4n) is 1.53. The van der Waals surface area contributed by atoms with E-state index in [4.69, 9.17) is 11.6 Å². The number of hydrogen-bond acceptors (Lipinski definition) is 4. The molecule has 0 spiro atoms. The number of aromatic nitrogens is 4. The van der Waals surface area contributed by atoms with Crippen molar-refractivity contribution in [2.75, 3.05) is 5.32 Å². The first-order valence-electron chi connectivity index (χ1n) is 5.00. The van der Waals surface area contributed by atoms with Crippen LogP contribution >= 0.6 is 11.6 Å². The van der Waals surface area contributed by atoms with Crippen LogP contribution in [0.1, 0.15) is 0 Å². The zero-order valence-corrected chi connectivity index (χ0v) is 9.44. The molecule has 0 aliphatic carbocycles. The second-order valence-electron chi connectivity index (χ2n) is 3.46. The summed E-state index contributed by atoms with van der Waals surface area (Å²) in [5.41, 5.74) is 1.64. The third-order valence-corrected chi connectivity index (χ3v) is 2.52. The first-order valence-corrected chi connectivity index (χ1v) is 5.38. The van der Waals surface area contributed by atoms with E-state index in [9.17, 15) is 0 Å². The Morgan fingerprint density at radius 3 is 3.00 bits per heavy atom. The van der Waals surface area contributed by atoms with Crippen molar-refractivity contribution in [1.29, 1.82) is 0 Å². The van der Waals surface area contributed by atoms with E-state index in [-0.39, 0.29) is 0 Å². The normalized spacial score (nSPS) is 10.6. The Bertz CT molecular complexity index is 664. The Hall–Kier alpha value is -2.14. The molecule has 0 amide bonds. The maximum absolute atomic E-state index is 5.88. The lowest BCUT2D eigenvalue weighted by Gasteiger charge is -2.01. The molecule has 84 valence electrons. The zero-order valence-electron chi connectivity index (χ0n) is 8.68. The third-order valence-electron chi connectivity index (χ3n) is 2.29. The highest BCUT2D eigenvalue weighted by Gasteiger charge is 2.06. The van der Waals surface area contributed by atoms with Gasteiger partial charge in [0, 0.05) is 17.4 Å². The predicted molar refractivity (Wildman–Crippen MR) is 66.4 cm³/mol. The number of rotatable bonds is 2. The van der Waals surface area contributed by atoms with Crippen LogP contribution in [0.2, 0.25) is 5.02 Å². The van der Waals surface area contributed by atoms with Crippen LogP contribution in [0.5, 0.6) is 0 Å². The molecule has 0 aliphatic rings. The average molecular weight is 246 g/mol. The van der Waals surface area contributed by atoms with Crippen LogP contribution in [-0.2, 0) is 0 Å². The first-order chi connectivity index (χ1) is 8.33. The summed E-state index contributed by atoms with van der Waals surface area (Å²) >= 11 is 5.88. The molecule has 3 aromatic rings. The van der Waals surface area contributed by atoms with Crippen LogP contribution in [0.15, 0.2) is 36.7 Å². The number of nitrogens with one attached hydrogen (secondary N) is 2. The van der Waals surface area contributed by atoms with E-state index in [0.29, 0.717) is 16.7 Å². The number of nitrogens with zero attached hydrogens (tertiary/aromatic N) is 3. The van der Waals surface area contributed by atoms with E-state index in [1.807, 2.05) is 12.1 Å². The number of aromatic amines is 1. The maximum atomic E-state index is 5.88. The smallest absolute Gasteiger partial charge is 0.179 e. The van der Waals surface area contributed by atoms with Gasteiger partial charge in [-0.2, -0.15) is 5.10 Å². The Kier molecular flexibility index (Phi) is 2.38. The SMILES string of the molecule is Clc1ccnc(Nc2n[nH]c3cccnc23)c1. The van der Waals surface area contributed by atoms with Crippen molar-refractivity contribution in [3.8, 4) is 0 Å². The molecule has 0 atom stereocenters. The van der Waals surface area contributed by atoms with Gasteiger partial charge in [-0.15, -0.1) is 0 Å². The number of fused-ring (bicyclic) bond motifs is 1. The van der Waals surface area contributed by atoms with Crippen molar-refractivity contribution in [3.63, 3.8) is 0 Å². The van der Waals surface area contributed by atoms with E-state index < -0.39 is 0 Å². The van der Waals surface area contributed by atoms with Gasteiger partial charge in [-0.1, -0.05) is 11.6 Å². The molecule has 0 bridgehead atoms. The molecule has 0 unspecified atom stereocenters. The second kappa shape index (κ2) is 4.03. The van der Waals surface area contributed by atoms with Crippen LogP contribution in [0.25, 0.3) is 11.0 Å². The average Bonchev–Trinajstić information content (AvgIpc) is 2.73. The Balaban J connectivity index is 2.00. The molecule has 0 saturated carbocycles. The van der Waals surface area contributed by atoms with E-state index >= 15 is 0 Å². The van der Waals surface area contributed by atoms with Crippen molar-refractivity contribution in [1.82, 2.24) is 20.2 Å². The van der Waals surface area contributed by atoms with Crippen LogP contribution in [-0.4, -0.2) is 20.2 Å². The number of pyridine rings is 2. The Morgan fingerprint density at radius 1 is 1.18 bits per heavy atom. The van der Waals surface area contributed by atoms with Gasteiger partial charge in [0.25, 0.3) is 0 Å². The van der Waals surface area contributed by atoms with E-state index in [0.717, 1.165) is 11.0 Å². The van der Waals surface area contributed by atoms with Gasteiger partial charge < -0.3 is 5.32 Å². The Morgan fingerprint density at radius 2 is 2.12 bits per heavy atom. The van der Waals surface area contributed by atoms with Gasteiger partial charge in [0.2, 0.25) is 0 Å². The quantitative estimate of drug-likeness (QED) is 0.729. The van der Waals surface area contributed by atoms with Crippen molar-refractivity contribution < 1.29 is 0 Å². The van der Waals surface area contributed by atoms with Crippen LogP contribution in [0, 0.1) is 0 Å². The number of anilines is 2. The van der Waals surface area contributed by atoms with Gasteiger partial charge in [-0.3, -0.25) is 10.1 Å². The molecule has 17 heavy (non-hydrogen) atoms. The molecule has 0 aliphatic heterocycles. The van der Waals surface area contributed by atoms with Crippen molar-refractivity contribution in [3.05, 3.63) is 41.7 Å². The molecule has 0 radical (unpaired) electrons. The van der Waals surface area contributed by atoms with E-state index in [1.165, 1.54) is 0 Å². The lowest BCUT2D eigenvalue weighted by Crippen LogP contribution is -1.94. The summed E-state index contributed by atoms with van der Waals surface area (Å²) in [5.74, 6) is 1.27. The summed E-state index contributed by atoms with van der Waals surface area (Å²) in [7, 11) is 0. The number of halogens is 1. The minimum absolute atomic E-state index is 0.621. The predicted octanol–water partition coefficient (Wildman–Crippen LogP) is 2.75. The highest BCUT2D eigenvalue weighted by Crippen LogP contribution is 2.21. The van der Waals surface area contributed by atoms with Gasteiger partial charge in [-0.05, 0) is 24.3 Å². The molecule has 2 N–H and O–H groups in total. The van der Waals surface area contributed by atoms with E-state index in [2.05, 4.69) is 25.5 Å².